The minimum atomic E-state index is -0.483. The highest BCUT2D eigenvalue weighted by Crippen LogP contribution is 2.48. The van der Waals surface area contributed by atoms with Crippen LogP contribution in [0.2, 0.25) is 0 Å². The molecule has 0 aromatic carbocycles. The molecule has 2 rings (SSSR count). The Balaban J connectivity index is 2.14. The zero-order valence-electron chi connectivity index (χ0n) is 10.5. The second-order valence-electron chi connectivity index (χ2n) is 5.67. The van der Waals surface area contributed by atoms with Gasteiger partial charge in [0.15, 0.2) is 0 Å². The normalized spacial score (nSPS) is 28.5. The van der Waals surface area contributed by atoms with Crippen LogP contribution < -0.4 is 0 Å². The van der Waals surface area contributed by atoms with E-state index < -0.39 is 5.60 Å². The molecule has 0 bridgehead atoms. The highest BCUT2D eigenvalue weighted by Gasteiger charge is 2.47. The molecule has 1 unspecified atom stereocenters. The number of aliphatic hydroxyl groups is 1. The molecule has 0 radical (unpaired) electrons. The van der Waals surface area contributed by atoms with Crippen molar-refractivity contribution < 1.29 is 5.11 Å². The van der Waals surface area contributed by atoms with E-state index in [4.69, 9.17) is 0 Å². The van der Waals surface area contributed by atoms with Gasteiger partial charge in [-0.25, -0.2) is 0 Å². The Morgan fingerprint density at radius 2 is 1.94 bits per heavy atom. The molecule has 2 heteroatoms. The van der Waals surface area contributed by atoms with Crippen LogP contribution in [0.3, 0.4) is 0 Å². The van der Waals surface area contributed by atoms with Crippen molar-refractivity contribution in [2.24, 2.45) is 5.41 Å². The first kappa shape index (κ1) is 12.1. The first-order valence-corrected chi connectivity index (χ1v) is 7.08. The Hall–Kier alpha value is -0.340. The highest BCUT2D eigenvalue weighted by molar-refractivity contribution is 7.12. The quantitative estimate of drug-likeness (QED) is 0.849. The summed E-state index contributed by atoms with van der Waals surface area (Å²) in [4.78, 5) is 2.77. The molecule has 1 fully saturated rings. The number of hydrogen-bond donors (Lipinski definition) is 1. The zero-order chi connectivity index (χ0) is 11.8. The second kappa shape index (κ2) is 4.15. The van der Waals surface area contributed by atoms with Crippen molar-refractivity contribution in [3.8, 4) is 0 Å². The molecule has 16 heavy (non-hydrogen) atoms. The molecule has 1 atom stereocenters. The van der Waals surface area contributed by atoms with Crippen LogP contribution >= 0.6 is 11.3 Å². The first-order valence-electron chi connectivity index (χ1n) is 6.27. The van der Waals surface area contributed by atoms with Crippen molar-refractivity contribution in [1.29, 1.82) is 0 Å². The molecule has 1 N–H and O–H groups in total. The maximum Gasteiger partial charge on any atom is 0.0746 e. The number of aryl methyl sites for hydroxylation is 1. The third kappa shape index (κ3) is 2.05. The van der Waals surface area contributed by atoms with Crippen LogP contribution in [0.15, 0.2) is 12.1 Å². The smallest absolute Gasteiger partial charge is 0.0746 e. The van der Waals surface area contributed by atoms with Gasteiger partial charge in [-0.2, -0.15) is 0 Å². The predicted octanol–water partition coefficient (Wildman–Crippen LogP) is 3.79. The maximum atomic E-state index is 10.8. The molecule has 1 aromatic heterocycles. The molecular weight excluding hydrogens is 216 g/mol. The van der Waals surface area contributed by atoms with E-state index in [2.05, 4.69) is 32.9 Å². The summed E-state index contributed by atoms with van der Waals surface area (Å²) >= 11 is 1.86. The van der Waals surface area contributed by atoms with Gasteiger partial charge in [0.25, 0.3) is 0 Å². The summed E-state index contributed by atoms with van der Waals surface area (Å²) in [5.74, 6) is 0. The SMILES string of the molecule is CCc1ccc(CC2(O)CCCC2(C)C)s1. The van der Waals surface area contributed by atoms with Crippen molar-refractivity contribution in [2.75, 3.05) is 0 Å². The fourth-order valence-corrected chi connectivity index (χ4v) is 3.78. The number of hydrogen-bond acceptors (Lipinski definition) is 2. The summed E-state index contributed by atoms with van der Waals surface area (Å²) in [5, 5.41) is 10.8. The topological polar surface area (TPSA) is 20.2 Å². The van der Waals surface area contributed by atoms with E-state index >= 15 is 0 Å². The van der Waals surface area contributed by atoms with Gasteiger partial charge in [0.2, 0.25) is 0 Å². The predicted molar refractivity (Wildman–Crippen MR) is 70.0 cm³/mol. The van der Waals surface area contributed by atoms with Crippen molar-refractivity contribution in [3.63, 3.8) is 0 Å². The van der Waals surface area contributed by atoms with E-state index in [1.54, 1.807) is 0 Å². The summed E-state index contributed by atoms with van der Waals surface area (Å²) in [7, 11) is 0. The molecule has 1 aliphatic carbocycles. The molecule has 90 valence electrons. The maximum absolute atomic E-state index is 10.8. The lowest BCUT2D eigenvalue weighted by Gasteiger charge is -2.36. The van der Waals surface area contributed by atoms with Gasteiger partial charge in [0.1, 0.15) is 0 Å². The van der Waals surface area contributed by atoms with Crippen LogP contribution in [0.25, 0.3) is 0 Å². The van der Waals surface area contributed by atoms with Gasteiger partial charge in [-0.3, -0.25) is 0 Å². The zero-order valence-corrected chi connectivity index (χ0v) is 11.4. The lowest BCUT2D eigenvalue weighted by atomic mass is 9.75. The standard InChI is InChI=1S/C14H22OS/c1-4-11-6-7-12(16-11)10-14(15)9-5-8-13(14,2)3/h6-7,15H,4-5,8-10H2,1-3H3. The van der Waals surface area contributed by atoms with Crippen LogP contribution in [0, 0.1) is 5.41 Å². The summed E-state index contributed by atoms with van der Waals surface area (Å²) in [6, 6.07) is 4.39. The molecule has 0 aliphatic heterocycles. The molecule has 0 saturated heterocycles. The van der Waals surface area contributed by atoms with E-state index in [0.29, 0.717) is 0 Å². The number of rotatable bonds is 3. The van der Waals surface area contributed by atoms with Gasteiger partial charge in [-0.05, 0) is 43.2 Å². The minimum Gasteiger partial charge on any atom is -0.389 e. The molecule has 1 heterocycles. The number of thiophene rings is 1. The fourth-order valence-electron chi connectivity index (χ4n) is 2.72. The van der Waals surface area contributed by atoms with Crippen LogP contribution in [-0.2, 0) is 12.8 Å². The largest absolute Gasteiger partial charge is 0.389 e. The molecule has 1 aliphatic rings. The van der Waals surface area contributed by atoms with Gasteiger partial charge >= 0.3 is 0 Å². The molecule has 0 amide bonds. The fraction of sp³-hybridized carbons (Fsp3) is 0.714. The molecule has 0 spiro atoms. The summed E-state index contributed by atoms with van der Waals surface area (Å²) in [6.45, 7) is 6.59. The lowest BCUT2D eigenvalue weighted by Crippen LogP contribution is -2.41. The van der Waals surface area contributed by atoms with Crippen molar-refractivity contribution >= 4 is 11.3 Å². The lowest BCUT2D eigenvalue weighted by molar-refractivity contribution is -0.0413. The van der Waals surface area contributed by atoms with E-state index in [1.165, 1.54) is 9.75 Å². The van der Waals surface area contributed by atoms with Crippen LogP contribution in [-0.4, -0.2) is 10.7 Å². The summed E-state index contributed by atoms with van der Waals surface area (Å²) < 4.78 is 0. The molecule has 1 nitrogen and oxygen atoms in total. The van der Waals surface area contributed by atoms with E-state index in [1.807, 2.05) is 11.3 Å². The van der Waals surface area contributed by atoms with Gasteiger partial charge in [0, 0.05) is 16.2 Å². The van der Waals surface area contributed by atoms with E-state index in [-0.39, 0.29) is 5.41 Å². The summed E-state index contributed by atoms with van der Waals surface area (Å²) in [6.07, 6.45) is 5.21. The Morgan fingerprint density at radius 3 is 2.44 bits per heavy atom. The third-order valence-electron chi connectivity index (χ3n) is 4.18. The van der Waals surface area contributed by atoms with Crippen molar-refractivity contribution in [3.05, 3.63) is 21.9 Å². The molecular formula is C14H22OS. The van der Waals surface area contributed by atoms with E-state index in [9.17, 15) is 5.11 Å². The van der Waals surface area contributed by atoms with Gasteiger partial charge < -0.3 is 5.11 Å². The molecule has 1 aromatic rings. The van der Waals surface area contributed by atoms with Crippen LogP contribution in [0.1, 0.15) is 49.8 Å². The van der Waals surface area contributed by atoms with Gasteiger partial charge in [-0.15, -0.1) is 11.3 Å². The Kier molecular flexibility index (Phi) is 3.15. The van der Waals surface area contributed by atoms with E-state index in [0.717, 1.165) is 32.1 Å². The average Bonchev–Trinajstić information content (AvgIpc) is 2.73. The van der Waals surface area contributed by atoms with Gasteiger partial charge in [0.05, 0.1) is 5.60 Å². The third-order valence-corrected chi connectivity index (χ3v) is 5.41. The average molecular weight is 238 g/mol. The van der Waals surface area contributed by atoms with Gasteiger partial charge in [-0.1, -0.05) is 20.8 Å². The van der Waals surface area contributed by atoms with Crippen LogP contribution in [0.4, 0.5) is 0 Å². The highest BCUT2D eigenvalue weighted by atomic mass is 32.1. The molecule has 1 saturated carbocycles. The first-order chi connectivity index (χ1) is 7.47. The van der Waals surface area contributed by atoms with Crippen molar-refractivity contribution in [2.45, 2.75) is 58.5 Å². The minimum absolute atomic E-state index is 0.0728. The van der Waals surface area contributed by atoms with Crippen LogP contribution in [0.5, 0.6) is 0 Å². The second-order valence-corrected chi connectivity index (χ2v) is 6.92. The Morgan fingerprint density at radius 1 is 1.25 bits per heavy atom. The Labute approximate surface area is 103 Å². The Bertz CT molecular complexity index is 367. The summed E-state index contributed by atoms with van der Waals surface area (Å²) in [5.41, 5.74) is -0.410. The van der Waals surface area contributed by atoms with Crippen molar-refractivity contribution in [1.82, 2.24) is 0 Å². The monoisotopic (exact) mass is 238 g/mol.